The van der Waals surface area contributed by atoms with E-state index in [2.05, 4.69) is 9.97 Å². The molecule has 0 aliphatic carbocycles. The molecule has 2 aromatic carbocycles. The predicted molar refractivity (Wildman–Crippen MR) is 108 cm³/mol. The number of amides is 1. The zero-order chi connectivity index (χ0) is 19.7. The first kappa shape index (κ1) is 18.7. The predicted octanol–water partition coefficient (Wildman–Crippen LogP) is 3.53. The van der Waals surface area contributed by atoms with E-state index in [4.69, 9.17) is 4.74 Å². The first-order chi connectivity index (χ1) is 13.5. The number of nitrogens with zero attached hydrogens (tertiary/aromatic N) is 2. The third-order valence-electron chi connectivity index (χ3n) is 5.42. The summed E-state index contributed by atoms with van der Waals surface area (Å²) in [7, 11) is 1.87. The molecule has 0 spiro atoms. The molecule has 28 heavy (non-hydrogen) atoms. The number of aromatic nitrogens is 2. The number of fused-ring (bicyclic) bond motifs is 1. The van der Waals surface area contributed by atoms with Crippen LogP contribution in [0.5, 0.6) is 0 Å². The van der Waals surface area contributed by atoms with Crippen LogP contribution >= 0.6 is 0 Å². The molecule has 1 atom stereocenters. The lowest BCUT2D eigenvalue weighted by Gasteiger charge is -2.31. The van der Waals surface area contributed by atoms with E-state index in [0.29, 0.717) is 24.6 Å². The summed E-state index contributed by atoms with van der Waals surface area (Å²) in [5, 5.41) is 9.70. The lowest BCUT2D eigenvalue weighted by atomic mass is 10.0. The number of aromatic amines is 1. The van der Waals surface area contributed by atoms with Gasteiger partial charge in [0.2, 0.25) is 0 Å². The highest BCUT2D eigenvalue weighted by molar-refractivity contribution is 5.95. The van der Waals surface area contributed by atoms with E-state index in [0.717, 1.165) is 35.0 Å². The number of aliphatic hydroxyl groups excluding tert-OH is 1. The second kappa shape index (κ2) is 7.73. The molecule has 2 N–H and O–H groups in total. The first-order valence-corrected chi connectivity index (χ1v) is 9.66. The Labute approximate surface area is 164 Å². The number of ether oxygens (including phenoxy) is 1. The van der Waals surface area contributed by atoms with Crippen LogP contribution in [-0.4, -0.2) is 52.2 Å². The Hall–Kier alpha value is -2.70. The van der Waals surface area contributed by atoms with Crippen LogP contribution in [0.15, 0.2) is 42.5 Å². The number of hydrogen-bond acceptors (Lipinski definition) is 4. The van der Waals surface area contributed by atoms with Crippen LogP contribution in [0.1, 0.15) is 42.1 Å². The molecule has 1 fully saturated rings. The highest BCUT2D eigenvalue weighted by Crippen LogP contribution is 2.25. The number of rotatable bonds is 4. The average Bonchev–Trinajstić information content (AvgIpc) is 3.17. The van der Waals surface area contributed by atoms with Gasteiger partial charge in [-0.3, -0.25) is 4.79 Å². The van der Waals surface area contributed by atoms with Gasteiger partial charge >= 0.3 is 0 Å². The fraction of sp³-hybridized carbons (Fsp3) is 0.364. The van der Waals surface area contributed by atoms with Crippen molar-refractivity contribution in [1.82, 2.24) is 14.9 Å². The summed E-state index contributed by atoms with van der Waals surface area (Å²) in [6.07, 6.45) is 1.15. The second-order valence-corrected chi connectivity index (χ2v) is 7.37. The Bertz CT molecular complexity index is 972. The van der Waals surface area contributed by atoms with E-state index >= 15 is 0 Å². The Kier molecular flexibility index (Phi) is 5.15. The van der Waals surface area contributed by atoms with Crippen molar-refractivity contribution in [3.8, 4) is 11.1 Å². The smallest absolute Gasteiger partial charge is 0.253 e. The number of nitrogens with one attached hydrogen (secondary N) is 1. The Morgan fingerprint density at radius 1 is 1.18 bits per heavy atom. The molecule has 1 amide bonds. The number of benzene rings is 2. The Morgan fingerprint density at radius 2 is 1.86 bits per heavy atom. The molecular formula is C22H25N3O3. The van der Waals surface area contributed by atoms with Crippen molar-refractivity contribution in [2.45, 2.75) is 31.9 Å². The van der Waals surface area contributed by atoms with Crippen LogP contribution in [-0.2, 0) is 4.74 Å². The lowest BCUT2D eigenvalue weighted by molar-refractivity contribution is 0.0362. The van der Waals surface area contributed by atoms with Gasteiger partial charge in [0, 0.05) is 31.9 Å². The molecule has 146 valence electrons. The van der Waals surface area contributed by atoms with Crippen molar-refractivity contribution in [3.63, 3.8) is 0 Å². The highest BCUT2D eigenvalue weighted by Gasteiger charge is 2.23. The van der Waals surface area contributed by atoms with Gasteiger partial charge in [-0.15, -0.1) is 0 Å². The lowest BCUT2D eigenvalue weighted by Crippen LogP contribution is -2.40. The molecule has 0 unspecified atom stereocenters. The van der Waals surface area contributed by atoms with Crippen molar-refractivity contribution in [2.24, 2.45) is 0 Å². The maximum Gasteiger partial charge on any atom is 0.253 e. The van der Waals surface area contributed by atoms with E-state index < -0.39 is 6.10 Å². The van der Waals surface area contributed by atoms with Crippen LogP contribution < -0.4 is 0 Å². The van der Waals surface area contributed by atoms with Gasteiger partial charge in [0.1, 0.15) is 11.9 Å². The average molecular weight is 379 g/mol. The molecule has 0 radical (unpaired) electrons. The minimum absolute atomic E-state index is 0.0454. The van der Waals surface area contributed by atoms with Crippen molar-refractivity contribution >= 4 is 16.9 Å². The van der Waals surface area contributed by atoms with Crippen LogP contribution in [0.4, 0.5) is 0 Å². The third-order valence-corrected chi connectivity index (χ3v) is 5.42. The van der Waals surface area contributed by atoms with E-state index in [-0.39, 0.29) is 11.9 Å². The second-order valence-electron chi connectivity index (χ2n) is 7.37. The monoisotopic (exact) mass is 379 g/mol. The highest BCUT2D eigenvalue weighted by atomic mass is 16.5. The minimum atomic E-state index is -0.631. The quantitative estimate of drug-likeness (QED) is 0.727. The summed E-state index contributed by atoms with van der Waals surface area (Å²) >= 11 is 0. The van der Waals surface area contributed by atoms with E-state index in [1.807, 2.05) is 54.4 Å². The molecule has 1 aliphatic heterocycles. The van der Waals surface area contributed by atoms with Crippen LogP contribution in [0.3, 0.4) is 0 Å². The van der Waals surface area contributed by atoms with Gasteiger partial charge in [0.25, 0.3) is 5.91 Å². The summed E-state index contributed by atoms with van der Waals surface area (Å²) < 4.78 is 5.39. The zero-order valence-corrected chi connectivity index (χ0v) is 16.2. The molecule has 0 bridgehead atoms. The summed E-state index contributed by atoms with van der Waals surface area (Å²) in [5.41, 5.74) is 4.46. The standard InChI is InChI=1S/C22H25N3O3/c1-14(26)21-23-19-8-7-17(13-20(19)24-21)15-3-5-16(6-4-15)22(27)25(2)18-9-11-28-12-10-18/h3-8,13-14,18,26H,9-12H2,1-2H3,(H,23,24)/t14-/m0/s1. The summed E-state index contributed by atoms with van der Waals surface area (Å²) in [6.45, 7) is 3.12. The van der Waals surface area contributed by atoms with E-state index in [1.165, 1.54) is 0 Å². The van der Waals surface area contributed by atoms with Crippen LogP contribution in [0, 0.1) is 0 Å². The number of hydrogen-bond donors (Lipinski definition) is 2. The first-order valence-electron chi connectivity index (χ1n) is 9.66. The minimum Gasteiger partial charge on any atom is -0.385 e. The Morgan fingerprint density at radius 3 is 2.54 bits per heavy atom. The van der Waals surface area contributed by atoms with Crippen molar-refractivity contribution < 1.29 is 14.6 Å². The molecule has 0 saturated carbocycles. The molecule has 1 saturated heterocycles. The number of H-pyrrole nitrogens is 1. The van der Waals surface area contributed by atoms with E-state index in [1.54, 1.807) is 6.92 Å². The topological polar surface area (TPSA) is 78.5 Å². The number of aliphatic hydroxyl groups is 1. The zero-order valence-electron chi connectivity index (χ0n) is 16.2. The third kappa shape index (κ3) is 3.66. The summed E-state index contributed by atoms with van der Waals surface area (Å²) in [6, 6.07) is 13.9. The van der Waals surface area contributed by atoms with Gasteiger partial charge in [0.05, 0.1) is 11.0 Å². The van der Waals surface area contributed by atoms with E-state index in [9.17, 15) is 9.90 Å². The SMILES string of the molecule is C[C@H](O)c1nc2ccc(-c3ccc(C(=O)N(C)C4CCOCC4)cc3)cc2[nH]1. The normalized spacial score (nSPS) is 16.2. The van der Waals surface area contributed by atoms with Gasteiger partial charge in [-0.2, -0.15) is 0 Å². The van der Waals surface area contributed by atoms with Crippen molar-refractivity contribution in [3.05, 3.63) is 53.9 Å². The summed E-state index contributed by atoms with van der Waals surface area (Å²) in [5.74, 6) is 0.605. The number of imidazole rings is 1. The molecule has 6 heteroatoms. The van der Waals surface area contributed by atoms with Crippen LogP contribution in [0.25, 0.3) is 22.2 Å². The van der Waals surface area contributed by atoms with Gasteiger partial charge in [-0.1, -0.05) is 18.2 Å². The molecule has 3 aromatic rings. The summed E-state index contributed by atoms with van der Waals surface area (Å²) in [4.78, 5) is 22.2. The number of carbonyl (C=O) groups excluding carboxylic acids is 1. The Balaban J connectivity index is 1.54. The van der Waals surface area contributed by atoms with Crippen molar-refractivity contribution in [2.75, 3.05) is 20.3 Å². The maximum absolute atomic E-state index is 12.8. The fourth-order valence-electron chi connectivity index (χ4n) is 3.65. The van der Waals surface area contributed by atoms with Gasteiger partial charge in [0.15, 0.2) is 0 Å². The maximum atomic E-state index is 12.8. The van der Waals surface area contributed by atoms with Crippen LogP contribution in [0.2, 0.25) is 0 Å². The largest absolute Gasteiger partial charge is 0.385 e. The number of carbonyl (C=O) groups is 1. The van der Waals surface area contributed by atoms with Gasteiger partial charge < -0.3 is 19.7 Å². The molecule has 1 aliphatic rings. The molecule has 6 nitrogen and oxygen atoms in total. The molecule has 4 rings (SSSR count). The fourth-order valence-corrected chi connectivity index (χ4v) is 3.65. The van der Waals surface area contributed by atoms with Gasteiger partial charge in [-0.05, 0) is 55.2 Å². The molecular weight excluding hydrogens is 354 g/mol. The van der Waals surface area contributed by atoms with Crippen molar-refractivity contribution in [1.29, 1.82) is 0 Å². The molecule has 2 heterocycles. The molecule has 1 aromatic heterocycles. The van der Waals surface area contributed by atoms with Gasteiger partial charge in [-0.25, -0.2) is 4.98 Å².